The van der Waals surface area contributed by atoms with Crippen molar-refractivity contribution >= 4 is 46.4 Å². The number of halogens is 2. The second-order valence-corrected chi connectivity index (χ2v) is 6.21. The number of anilines is 1. The third-order valence-electron chi connectivity index (χ3n) is 3.15. The molecular formula is C14H14Cl2N4S. The van der Waals surface area contributed by atoms with Crippen LogP contribution in [0.5, 0.6) is 0 Å². The van der Waals surface area contributed by atoms with Crippen LogP contribution in [0.15, 0.2) is 30.5 Å². The van der Waals surface area contributed by atoms with Gasteiger partial charge in [0.25, 0.3) is 0 Å². The Balaban J connectivity index is 1.68. The molecule has 2 N–H and O–H groups in total. The van der Waals surface area contributed by atoms with Crippen molar-refractivity contribution in [1.82, 2.24) is 15.1 Å². The summed E-state index contributed by atoms with van der Waals surface area (Å²) in [5, 5.41) is 12.4. The van der Waals surface area contributed by atoms with Gasteiger partial charge in [0.2, 0.25) is 0 Å². The molecule has 2 aromatic rings. The van der Waals surface area contributed by atoms with Gasteiger partial charge in [0.15, 0.2) is 10.9 Å². The van der Waals surface area contributed by atoms with Gasteiger partial charge in [-0.1, -0.05) is 41.4 Å². The summed E-state index contributed by atoms with van der Waals surface area (Å²) in [5.41, 5.74) is 0.989. The Morgan fingerprint density at radius 2 is 2.05 bits per heavy atom. The van der Waals surface area contributed by atoms with E-state index in [2.05, 4.69) is 15.7 Å². The predicted molar refractivity (Wildman–Crippen MR) is 90.2 cm³/mol. The summed E-state index contributed by atoms with van der Waals surface area (Å²) in [5.74, 6) is 0.557. The SMILES string of the molecule is S=C(Nc1nn(Cc2ccccc2Cl)cc1Cl)NC1CC1. The number of nitrogens with one attached hydrogen (secondary N) is 2. The Morgan fingerprint density at radius 3 is 2.76 bits per heavy atom. The summed E-state index contributed by atoms with van der Waals surface area (Å²) in [6.45, 7) is 0.559. The van der Waals surface area contributed by atoms with Crippen LogP contribution in [0, 0.1) is 0 Å². The van der Waals surface area contributed by atoms with Gasteiger partial charge in [-0.3, -0.25) is 4.68 Å². The zero-order valence-electron chi connectivity index (χ0n) is 11.1. The first-order valence-corrected chi connectivity index (χ1v) is 7.82. The van der Waals surface area contributed by atoms with Crippen LogP contribution >= 0.6 is 35.4 Å². The zero-order valence-corrected chi connectivity index (χ0v) is 13.5. The number of aromatic nitrogens is 2. The van der Waals surface area contributed by atoms with Crippen LogP contribution < -0.4 is 10.6 Å². The van der Waals surface area contributed by atoms with E-state index in [1.807, 2.05) is 24.3 Å². The Kier molecular flexibility index (Phi) is 4.33. The lowest BCUT2D eigenvalue weighted by Crippen LogP contribution is -2.30. The molecule has 1 aliphatic rings. The number of rotatable bonds is 4. The van der Waals surface area contributed by atoms with E-state index in [9.17, 15) is 0 Å². The van der Waals surface area contributed by atoms with Crippen LogP contribution in [0.3, 0.4) is 0 Å². The summed E-state index contributed by atoms with van der Waals surface area (Å²) in [7, 11) is 0. The van der Waals surface area contributed by atoms with Gasteiger partial charge in [-0.2, -0.15) is 5.10 Å². The molecule has 0 aliphatic heterocycles. The van der Waals surface area contributed by atoms with Gasteiger partial charge in [-0.05, 0) is 36.7 Å². The van der Waals surface area contributed by atoms with Crippen LogP contribution in [-0.4, -0.2) is 20.9 Å². The van der Waals surface area contributed by atoms with Crippen molar-refractivity contribution in [3.63, 3.8) is 0 Å². The standard InChI is InChI=1S/C14H14Cl2N4S/c15-11-4-2-1-3-9(11)7-20-8-12(16)13(19-20)18-14(21)17-10-5-6-10/h1-4,8,10H,5-7H2,(H2,17,18,19,21). The maximum Gasteiger partial charge on any atom is 0.173 e. The predicted octanol–water partition coefficient (Wildman–Crippen LogP) is 3.69. The second-order valence-electron chi connectivity index (χ2n) is 4.99. The quantitative estimate of drug-likeness (QED) is 0.833. The summed E-state index contributed by atoms with van der Waals surface area (Å²) < 4.78 is 1.74. The van der Waals surface area contributed by atoms with Crippen LogP contribution in [0.1, 0.15) is 18.4 Å². The highest BCUT2D eigenvalue weighted by atomic mass is 35.5. The Labute approximate surface area is 138 Å². The van der Waals surface area contributed by atoms with E-state index in [0.29, 0.717) is 33.6 Å². The minimum Gasteiger partial charge on any atom is -0.360 e. The third kappa shape index (κ3) is 3.87. The van der Waals surface area contributed by atoms with E-state index in [-0.39, 0.29) is 0 Å². The van der Waals surface area contributed by atoms with Crippen molar-refractivity contribution in [3.05, 3.63) is 46.1 Å². The topological polar surface area (TPSA) is 41.9 Å². The van der Waals surface area contributed by atoms with Crippen LogP contribution in [0.4, 0.5) is 5.82 Å². The molecule has 1 saturated carbocycles. The van der Waals surface area contributed by atoms with Crippen molar-refractivity contribution < 1.29 is 0 Å². The van der Waals surface area contributed by atoms with Gasteiger partial charge in [0, 0.05) is 17.3 Å². The van der Waals surface area contributed by atoms with Crippen molar-refractivity contribution in [2.45, 2.75) is 25.4 Å². The highest BCUT2D eigenvalue weighted by Crippen LogP contribution is 2.23. The van der Waals surface area contributed by atoms with Crippen molar-refractivity contribution in [2.75, 3.05) is 5.32 Å². The first-order chi connectivity index (χ1) is 10.1. The molecule has 0 amide bonds. The second kappa shape index (κ2) is 6.22. The molecule has 0 saturated heterocycles. The molecule has 21 heavy (non-hydrogen) atoms. The van der Waals surface area contributed by atoms with Gasteiger partial charge >= 0.3 is 0 Å². The summed E-state index contributed by atoms with van der Waals surface area (Å²) in [6, 6.07) is 8.16. The monoisotopic (exact) mass is 340 g/mol. The third-order valence-corrected chi connectivity index (χ3v) is 4.02. The Bertz CT molecular complexity index is 667. The Morgan fingerprint density at radius 1 is 1.29 bits per heavy atom. The van der Waals surface area contributed by atoms with Crippen molar-refractivity contribution in [2.24, 2.45) is 0 Å². The molecule has 1 aliphatic carbocycles. The van der Waals surface area contributed by atoms with Gasteiger partial charge in [0.1, 0.15) is 5.02 Å². The average molecular weight is 341 g/mol. The number of nitrogens with zero attached hydrogens (tertiary/aromatic N) is 2. The first-order valence-electron chi connectivity index (χ1n) is 6.65. The van der Waals surface area contributed by atoms with Crippen LogP contribution in [0.2, 0.25) is 10.0 Å². The number of thiocarbonyl (C=S) groups is 1. The lowest BCUT2D eigenvalue weighted by molar-refractivity contribution is 0.690. The van der Waals surface area contributed by atoms with Gasteiger partial charge in [-0.25, -0.2) is 0 Å². The minimum atomic E-state index is 0.494. The number of benzene rings is 1. The fourth-order valence-electron chi connectivity index (χ4n) is 1.92. The summed E-state index contributed by atoms with van der Waals surface area (Å²) in [6.07, 6.45) is 4.08. The lowest BCUT2D eigenvalue weighted by atomic mass is 10.2. The van der Waals surface area contributed by atoms with Crippen LogP contribution in [0.25, 0.3) is 0 Å². The van der Waals surface area contributed by atoms with Crippen molar-refractivity contribution in [3.8, 4) is 0 Å². The maximum atomic E-state index is 6.18. The molecule has 110 valence electrons. The zero-order chi connectivity index (χ0) is 14.8. The number of hydrogen-bond acceptors (Lipinski definition) is 2. The van der Waals surface area contributed by atoms with Gasteiger partial charge < -0.3 is 10.6 Å². The fourth-order valence-corrected chi connectivity index (χ4v) is 2.58. The van der Waals surface area contributed by atoms with Gasteiger partial charge in [0.05, 0.1) is 6.54 Å². The summed E-state index contributed by atoms with van der Waals surface area (Å²) >= 11 is 17.6. The molecule has 0 bridgehead atoms. The smallest absolute Gasteiger partial charge is 0.173 e. The minimum absolute atomic E-state index is 0.494. The van der Waals surface area contributed by atoms with E-state index in [4.69, 9.17) is 35.4 Å². The molecule has 3 rings (SSSR count). The Hall–Kier alpha value is -1.30. The first kappa shape index (κ1) is 14.6. The normalized spacial score (nSPS) is 14.0. The van der Waals surface area contributed by atoms with Gasteiger partial charge in [-0.15, -0.1) is 0 Å². The van der Waals surface area contributed by atoms with E-state index in [0.717, 1.165) is 18.4 Å². The molecule has 1 aromatic carbocycles. The number of hydrogen-bond donors (Lipinski definition) is 2. The van der Waals surface area contributed by atoms with E-state index >= 15 is 0 Å². The molecule has 0 spiro atoms. The largest absolute Gasteiger partial charge is 0.360 e. The van der Waals surface area contributed by atoms with Crippen molar-refractivity contribution in [1.29, 1.82) is 0 Å². The fraction of sp³-hybridized carbons (Fsp3) is 0.286. The molecule has 1 aromatic heterocycles. The summed E-state index contributed by atoms with van der Waals surface area (Å²) in [4.78, 5) is 0. The molecule has 7 heteroatoms. The van der Waals surface area contributed by atoms with E-state index in [1.54, 1.807) is 10.9 Å². The molecule has 4 nitrogen and oxygen atoms in total. The van der Waals surface area contributed by atoms with E-state index < -0.39 is 0 Å². The maximum absolute atomic E-state index is 6.18. The van der Waals surface area contributed by atoms with E-state index in [1.165, 1.54) is 0 Å². The molecule has 1 heterocycles. The van der Waals surface area contributed by atoms with Crippen LogP contribution in [-0.2, 0) is 6.54 Å². The molecule has 0 unspecified atom stereocenters. The molecule has 1 fully saturated rings. The average Bonchev–Trinajstić information content (AvgIpc) is 3.17. The molecule has 0 atom stereocenters. The highest BCUT2D eigenvalue weighted by molar-refractivity contribution is 7.80. The lowest BCUT2D eigenvalue weighted by Gasteiger charge is -2.07. The highest BCUT2D eigenvalue weighted by Gasteiger charge is 2.22. The molecular weight excluding hydrogens is 327 g/mol. The molecule has 0 radical (unpaired) electrons.